The standard InChI is InChI=1S/C49H70N4O5/c1-43(2,42(56)57)27-38(54)58-37-17-18-46(6)35(44(37,3)4)16-19-48(8)36(46)14-13-32-39-31(45(5)21-22-45)15-20-49(39,24-23-47(32,48)7)41(55)53-26-10-12-34(53)40-51-29-33(52-40)30-11-9-25-50-28-30/h9,11,25,28-29,31-32,34-37,39H,10,12-24,26-27H2,1-8H3,(H,51,52)(H,56,57)/t31-,32-,34?,35+,36-,37+,39-,46+,47-,48-,49+/m1/s1. The average Bonchev–Trinajstić information content (AvgIpc) is 3.56. The molecule has 11 atom stereocenters. The first-order valence-corrected chi connectivity index (χ1v) is 23.0. The van der Waals surface area contributed by atoms with Crippen molar-refractivity contribution in [1.82, 2.24) is 19.9 Å². The van der Waals surface area contributed by atoms with Gasteiger partial charge in [0.05, 0.1) is 35.2 Å². The number of carbonyl (C=O) groups excluding carboxylic acids is 2. The predicted octanol–water partition coefficient (Wildman–Crippen LogP) is 10.4. The summed E-state index contributed by atoms with van der Waals surface area (Å²) in [5.41, 5.74) is 1.10. The van der Waals surface area contributed by atoms with Crippen LogP contribution in [0.15, 0.2) is 30.7 Å². The van der Waals surface area contributed by atoms with Gasteiger partial charge in [0.1, 0.15) is 11.9 Å². The molecule has 0 radical (unpaired) electrons. The van der Waals surface area contributed by atoms with E-state index >= 15 is 4.79 Å². The number of ether oxygens (including phenoxy) is 1. The van der Waals surface area contributed by atoms with E-state index in [0.717, 1.165) is 75.0 Å². The lowest BCUT2D eigenvalue weighted by Gasteiger charge is -2.73. The fourth-order valence-electron chi connectivity index (χ4n) is 15.9. The van der Waals surface area contributed by atoms with E-state index in [0.29, 0.717) is 40.9 Å². The Morgan fingerprint density at radius 3 is 2.34 bits per heavy atom. The summed E-state index contributed by atoms with van der Waals surface area (Å²) in [5, 5.41) is 9.68. The highest BCUT2D eigenvalue weighted by Gasteiger charge is 2.74. The van der Waals surface area contributed by atoms with Crippen molar-refractivity contribution in [2.24, 2.45) is 67.5 Å². The van der Waals surface area contributed by atoms with E-state index in [1.807, 2.05) is 18.5 Å². The zero-order valence-electron chi connectivity index (χ0n) is 36.7. The van der Waals surface area contributed by atoms with Gasteiger partial charge in [0.15, 0.2) is 0 Å². The number of H-pyrrole nitrogens is 1. The minimum atomic E-state index is -1.15. The summed E-state index contributed by atoms with van der Waals surface area (Å²) in [6, 6.07) is 4.00. The first kappa shape index (κ1) is 40.2. The monoisotopic (exact) mass is 795 g/mol. The van der Waals surface area contributed by atoms with Crippen LogP contribution < -0.4 is 0 Å². The van der Waals surface area contributed by atoms with Gasteiger partial charge in [0, 0.05) is 29.9 Å². The van der Waals surface area contributed by atoms with Crippen LogP contribution >= 0.6 is 0 Å². The molecule has 9 heteroatoms. The highest BCUT2D eigenvalue weighted by molar-refractivity contribution is 5.85. The topological polar surface area (TPSA) is 125 Å². The van der Waals surface area contributed by atoms with E-state index in [1.165, 1.54) is 38.5 Å². The number of nitrogens with zero attached hydrogens (tertiary/aromatic N) is 3. The number of fused-ring (bicyclic) bond motifs is 7. The van der Waals surface area contributed by atoms with Gasteiger partial charge in [-0.1, -0.05) is 41.5 Å². The molecule has 1 aliphatic heterocycles. The molecule has 2 aromatic heterocycles. The van der Waals surface area contributed by atoms with Crippen LogP contribution in [0.4, 0.5) is 0 Å². The van der Waals surface area contributed by atoms with Crippen molar-refractivity contribution in [2.45, 2.75) is 164 Å². The average molecular weight is 795 g/mol. The molecule has 2 aromatic rings. The van der Waals surface area contributed by atoms with E-state index in [1.54, 1.807) is 20.0 Å². The lowest BCUT2D eigenvalue weighted by atomic mass is 9.32. The molecular formula is C49H70N4O5. The number of rotatable bonds is 8. The molecule has 6 aliphatic carbocycles. The van der Waals surface area contributed by atoms with Gasteiger partial charge in [-0.2, -0.15) is 0 Å². The number of aliphatic carboxylic acids is 1. The number of carboxylic acid groups (broad SMARTS) is 1. The smallest absolute Gasteiger partial charge is 0.309 e. The van der Waals surface area contributed by atoms with Crippen molar-refractivity contribution in [3.63, 3.8) is 0 Å². The number of aromatic nitrogens is 3. The van der Waals surface area contributed by atoms with Crippen LogP contribution in [0, 0.1) is 67.5 Å². The predicted molar refractivity (Wildman–Crippen MR) is 223 cm³/mol. The Kier molecular flexibility index (Phi) is 9.27. The Morgan fingerprint density at radius 2 is 1.64 bits per heavy atom. The molecule has 9 rings (SSSR count). The molecular weight excluding hydrogens is 725 g/mol. The maximum Gasteiger partial charge on any atom is 0.309 e. The maximum atomic E-state index is 15.6. The quantitative estimate of drug-likeness (QED) is 0.255. The Hall–Kier alpha value is -3.23. The van der Waals surface area contributed by atoms with E-state index in [-0.39, 0.29) is 45.6 Å². The van der Waals surface area contributed by atoms with Crippen LogP contribution in [0.25, 0.3) is 11.3 Å². The molecule has 1 unspecified atom stereocenters. The highest BCUT2D eigenvalue weighted by Crippen LogP contribution is 2.79. The largest absolute Gasteiger partial charge is 0.481 e. The van der Waals surface area contributed by atoms with Gasteiger partial charge in [0.25, 0.3) is 0 Å². The molecule has 9 nitrogen and oxygen atoms in total. The van der Waals surface area contributed by atoms with Crippen molar-refractivity contribution < 1.29 is 24.2 Å². The van der Waals surface area contributed by atoms with Crippen molar-refractivity contribution in [3.8, 4) is 11.3 Å². The Morgan fingerprint density at radius 1 is 0.862 bits per heavy atom. The first-order chi connectivity index (χ1) is 27.3. The van der Waals surface area contributed by atoms with Gasteiger partial charge in [0.2, 0.25) is 5.91 Å². The van der Waals surface area contributed by atoms with Gasteiger partial charge < -0.3 is 19.7 Å². The number of carboxylic acids is 1. The van der Waals surface area contributed by atoms with E-state index in [2.05, 4.69) is 62.5 Å². The molecule has 2 N–H and O–H groups in total. The number of amides is 1. The number of likely N-dealkylation sites (tertiary alicyclic amines) is 1. The lowest BCUT2D eigenvalue weighted by Crippen LogP contribution is -2.67. The summed E-state index contributed by atoms with van der Waals surface area (Å²) >= 11 is 0. The number of carbonyl (C=O) groups is 3. The Bertz CT molecular complexity index is 1950. The Balaban J connectivity index is 0.991. The van der Waals surface area contributed by atoms with E-state index in [9.17, 15) is 14.7 Å². The number of pyridine rings is 1. The number of nitrogens with one attached hydrogen (secondary N) is 1. The lowest BCUT2D eigenvalue weighted by molar-refractivity contribution is -0.251. The second-order valence-corrected chi connectivity index (χ2v) is 22.9. The molecule has 316 valence electrons. The van der Waals surface area contributed by atoms with Crippen molar-refractivity contribution in [3.05, 3.63) is 36.5 Å². The first-order valence-electron chi connectivity index (χ1n) is 23.0. The van der Waals surface area contributed by atoms with Gasteiger partial charge in [-0.05, 0) is 167 Å². The van der Waals surface area contributed by atoms with Crippen molar-refractivity contribution >= 4 is 17.8 Å². The van der Waals surface area contributed by atoms with E-state index < -0.39 is 17.4 Å². The molecule has 7 fully saturated rings. The second kappa shape index (κ2) is 13.4. The number of esters is 1. The second-order valence-electron chi connectivity index (χ2n) is 22.9. The van der Waals surface area contributed by atoms with E-state index in [4.69, 9.17) is 9.72 Å². The highest BCUT2D eigenvalue weighted by atomic mass is 16.5. The van der Waals surface area contributed by atoms with Crippen LogP contribution in [0.5, 0.6) is 0 Å². The molecule has 0 bridgehead atoms. The summed E-state index contributed by atoms with van der Waals surface area (Å²) in [6.07, 6.45) is 20.7. The van der Waals surface area contributed by atoms with Crippen LogP contribution in [0.3, 0.4) is 0 Å². The van der Waals surface area contributed by atoms with Gasteiger partial charge >= 0.3 is 11.9 Å². The van der Waals surface area contributed by atoms with Gasteiger partial charge in [-0.25, -0.2) is 4.98 Å². The molecule has 6 saturated carbocycles. The van der Waals surface area contributed by atoms with Crippen molar-refractivity contribution in [2.75, 3.05) is 6.54 Å². The zero-order valence-corrected chi connectivity index (χ0v) is 36.7. The number of hydrogen-bond acceptors (Lipinski definition) is 6. The number of imidazole rings is 1. The Labute approximate surface area is 346 Å². The molecule has 7 aliphatic rings. The third-order valence-corrected chi connectivity index (χ3v) is 19.6. The summed E-state index contributed by atoms with van der Waals surface area (Å²) in [5.74, 6) is 2.51. The van der Waals surface area contributed by atoms with Gasteiger partial charge in [-0.15, -0.1) is 0 Å². The molecule has 0 aromatic carbocycles. The van der Waals surface area contributed by atoms with Crippen LogP contribution in [-0.4, -0.2) is 55.5 Å². The molecule has 1 saturated heterocycles. The summed E-state index contributed by atoms with van der Waals surface area (Å²) in [6.45, 7) is 19.1. The number of aromatic amines is 1. The van der Waals surface area contributed by atoms with Crippen LogP contribution in [-0.2, 0) is 19.1 Å². The summed E-state index contributed by atoms with van der Waals surface area (Å²) < 4.78 is 6.24. The summed E-state index contributed by atoms with van der Waals surface area (Å²) in [4.78, 5) is 55.8. The molecule has 0 spiro atoms. The summed E-state index contributed by atoms with van der Waals surface area (Å²) in [7, 11) is 0. The third kappa shape index (κ3) is 5.75. The van der Waals surface area contributed by atoms with Gasteiger partial charge in [-0.3, -0.25) is 19.4 Å². The minimum absolute atomic E-state index is 0.0123. The SMILES string of the molecule is CC(C)(CC(=O)O[C@H]1CC[C@]2(C)[C@H]3CC[C@@H]4[C@H]5[C@H](C6(C)CC6)CC[C@]5(C(=O)N5CCCC5c5ncc(-c6cccnc6)[nH]5)CC[C@@]4(C)[C@]3(C)CC[C@H]2C1(C)C)C(=O)O. The zero-order chi connectivity index (χ0) is 41.3. The minimum Gasteiger partial charge on any atom is -0.481 e. The van der Waals surface area contributed by atoms with Crippen LogP contribution in [0.2, 0.25) is 0 Å². The fraction of sp³-hybridized carbons (Fsp3) is 0.776. The van der Waals surface area contributed by atoms with Crippen molar-refractivity contribution in [1.29, 1.82) is 0 Å². The third-order valence-electron chi connectivity index (χ3n) is 19.6. The molecule has 3 heterocycles. The maximum absolute atomic E-state index is 15.6. The number of hydrogen-bond donors (Lipinski definition) is 2. The normalized spacial score (nSPS) is 41.1. The molecule has 58 heavy (non-hydrogen) atoms. The fourth-order valence-corrected chi connectivity index (χ4v) is 15.9. The van der Waals surface area contributed by atoms with Crippen LogP contribution in [0.1, 0.15) is 164 Å². The molecule has 1 amide bonds.